The summed E-state index contributed by atoms with van der Waals surface area (Å²) in [6, 6.07) is 0. The molecule has 0 aliphatic carbocycles. The van der Waals surface area contributed by atoms with Crippen molar-refractivity contribution >= 4 is 11.9 Å². The number of hydrogen-bond donors (Lipinski definition) is 2. The second kappa shape index (κ2) is 6.42. The minimum atomic E-state index is -1.02. The van der Waals surface area contributed by atoms with Crippen molar-refractivity contribution in [1.29, 1.82) is 0 Å². The lowest BCUT2D eigenvalue weighted by Gasteiger charge is -2.07. The Kier molecular flexibility index (Phi) is 5.88. The molecule has 0 aromatic rings. The van der Waals surface area contributed by atoms with Gasteiger partial charge < -0.3 is 15.2 Å². The quantitative estimate of drug-likeness (QED) is 0.616. The number of carbonyl (C=O) groups is 2. The van der Waals surface area contributed by atoms with E-state index in [9.17, 15) is 9.59 Å². The van der Waals surface area contributed by atoms with Gasteiger partial charge in [0, 0.05) is 13.0 Å². The molecule has 0 spiro atoms. The topological polar surface area (TPSA) is 75.6 Å². The fourth-order valence-corrected chi connectivity index (χ4v) is 0.685. The Morgan fingerprint density at radius 1 is 1.54 bits per heavy atom. The molecule has 0 saturated heterocycles. The van der Waals surface area contributed by atoms with E-state index in [0.717, 1.165) is 0 Å². The van der Waals surface area contributed by atoms with Gasteiger partial charge in [-0.05, 0) is 13.8 Å². The molecule has 76 valence electrons. The molecule has 0 rings (SSSR count). The number of rotatable bonds is 6. The molecule has 0 heterocycles. The van der Waals surface area contributed by atoms with Gasteiger partial charge in [0.15, 0.2) is 6.10 Å². The van der Waals surface area contributed by atoms with Crippen LogP contribution in [0.3, 0.4) is 0 Å². The molecule has 0 bridgehead atoms. The second-order valence-corrected chi connectivity index (χ2v) is 2.55. The average Bonchev–Trinajstić information content (AvgIpc) is 2.04. The summed E-state index contributed by atoms with van der Waals surface area (Å²) < 4.78 is 4.86. The second-order valence-electron chi connectivity index (χ2n) is 2.55. The van der Waals surface area contributed by atoms with E-state index in [2.05, 4.69) is 5.32 Å². The summed E-state index contributed by atoms with van der Waals surface area (Å²) in [6.07, 6.45) is -0.653. The van der Waals surface area contributed by atoms with E-state index in [1.807, 2.05) is 6.92 Å². The summed E-state index contributed by atoms with van der Waals surface area (Å²) in [6.45, 7) is 3.96. The van der Waals surface area contributed by atoms with Crippen LogP contribution in [0.15, 0.2) is 0 Å². The highest BCUT2D eigenvalue weighted by Gasteiger charge is 2.10. The maximum Gasteiger partial charge on any atom is 0.332 e. The van der Waals surface area contributed by atoms with Gasteiger partial charge in [0.25, 0.3) is 0 Å². The molecule has 0 saturated carbocycles. The summed E-state index contributed by atoms with van der Waals surface area (Å²) in [5, 5.41) is 11.0. The number of ether oxygens (including phenoxy) is 1. The predicted molar refractivity (Wildman–Crippen MR) is 46.4 cm³/mol. The molecular formula is C8H15NO4. The monoisotopic (exact) mass is 189 g/mol. The van der Waals surface area contributed by atoms with Crippen molar-refractivity contribution in [2.75, 3.05) is 13.2 Å². The molecule has 5 heteroatoms. The Hall–Kier alpha value is -1.10. The van der Waals surface area contributed by atoms with Crippen molar-refractivity contribution in [1.82, 2.24) is 5.32 Å². The summed E-state index contributed by atoms with van der Waals surface area (Å²) in [4.78, 5) is 21.1. The first-order valence-electron chi connectivity index (χ1n) is 4.19. The molecule has 0 unspecified atom stereocenters. The van der Waals surface area contributed by atoms with E-state index < -0.39 is 12.1 Å². The molecule has 13 heavy (non-hydrogen) atoms. The normalized spacial score (nSPS) is 12.2. The highest BCUT2D eigenvalue weighted by Crippen LogP contribution is 1.92. The minimum absolute atomic E-state index is 0.125. The SMILES string of the molecule is CCNC(=O)CCO[C@@H](C)C(=O)O. The van der Waals surface area contributed by atoms with Crippen molar-refractivity contribution in [3.05, 3.63) is 0 Å². The zero-order valence-corrected chi connectivity index (χ0v) is 7.87. The fraction of sp³-hybridized carbons (Fsp3) is 0.750. The van der Waals surface area contributed by atoms with Crippen LogP contribution in [0.25, 0.3) is 0 Å². The van der Waals surface area contributed by atoms with Crippen LogP contribution >= 0.6 is 0 Å². The number of carboxylic acid groups (broad SMARTS) is 1. The largest absolute Gasteiger partial charge is 0.479 e. The number of carboxylic acids is 1. The number of aliphatic carboxylic acids is 1. The minimum Gasteiger partial charge on any atom is -0.479 e. The van der Waals surface area contributed by atoms with Gasteiger partial charge in [-0.3, -0.25) is 4.79 Å². The molecule has 0 aromatic heterocycles. The third kappa shape index (κ3) is 6.10. The lowest BCUT2D eigenvalue weighted by molar-refractivity contribution is -0.149. The lowest BCUT2D eigenvalue weighted by atomic mass is 10.4. The Labute approximate surface area is 77.1 Å². The van der Waals surface area contributed by atoms with E-state index >= 15 is 0 Å². The van der Waals surface area contributed by atoms with Crippen molar-refractivity contribution in [2.45, 2.75) is 26.4 Å². The summed E-state index contributed by atoms with van der Waals surface area (Å²) in [5.74, 6) is -1.14. The van der Waals surface area contributed by atoms with Crippen molar-refractivity contribution < 1.29 is 19.4 Å². The third-order valence-corrected chi connectivity index (χ3v) is 1.42. The van der Waals surface area contributed by atoms with Gasteiger partial charge in [-0.25, -0.2) is 4.79 Å². The smallest absolute Gasteiger partial charge is 0.332 e. The molecule has 0 radical (unpaired) electrons. The highest BCUT2D eigenvalue weighted by atomic mass is 16.5. The van der Waals surface area contributed by atoms with Crippen LogP contribution in [0, 0.1) is 0 Å². The van der Waals surface area contributed by atoms with E-state index in [-0.39, 0.29) is 18.9 Å². The van der Waals surface area contributed by atoms with Gasteiger partial charge in [0.2, 0.25) is 5.91 Å². The Bertz CT molecular complexity index is 181. The van der Waals surface area contributed by atoms with Crippen LogP contribution in [0.5, 0.6) is 0 Å². The van der Waals surface area contributed by atoms with Gasteiger partial charge in [0.1, 0.15) is 0 Å². The van der Waals surface area contributed by atoms with E-state index in [1.54, 1.807) is 0 Å². The van der Waals surface area contributed by atoms with Crippen molar-refractivity contribution in [3.63, 3.8) is 0 Å². The Morgan fingerprint density at radius 3 is 2.62 bits per heavy atom. The highest BCUT2D eigenvalue weighted by molar-refractivity contribution is 5.76. The van der Waals surface area contributed by atoms with Gasteiger partial charge in [-0.15, -0.1) is 0 Å². The molecule has 5 nitrogen and oxygen atoms in total. The van der Waals surface area contributed by atoms with Gasteiger partial charge in [-0.2, -0.15) is 0 Å². The van der Waals surface area contributed by atoms with Gasteiger partial charge >= 0.3 is 5.97 Å². The maximum atomic E-state index is 10.9. The van der Waals surface area contributed by atoms with E-state index in [1.165, 1.54) is 6.92 Å². The number of nitrogens with one attached hydrogen (secondary N) is 1. The van der Waals surface area contributed by atoms with Crippen molar-refractivity contribution in [2.24, 2.45) is 0 Å². The van der Waals surface area contributed by atoms with Crippen LogP contribution in [0.2, 0.25) is 0 Å². The molecule has 2 N–H and O–H groups in total. The number of carbonyl (C=O) groups excluding carboxylic acids is 1. The standard InChI is InChI=1S/C8H15NO4/c1-3-9-7(10)4-5-13-6(2)8(11)12/h6H,3-5H2,1-2H3,(H,9,10)(H,11,12)/t6-/m0/s1. The summed E-state index contributed by atoms with van der Waals surface area (Å²) in [5.41, 5.74) is 0. The molecule has 0 aliphatic rings. The molecule has 1 atom stereocenters. The third-order valence-electron chi connectivity index (χ3n) is 1.42. The molecule has 0 aromatic carbocycles. The number of hydrogen-bond acceptors (Lipinski definition) is 3. The zero-order valence-electron chi connectivity index (χ0n) is 7.87. The predicted octanol–water partition coefficient (Wildman–Crippen LogP) is 0.00230. The maximum absolute atomic E-state index is 10.9. The fourth-order valence-electron chi connectivity index (χ4n) is 0.685. The van der Waals surface area contributed by atoms with Gasteiger partial charge in [-0.1, -0.05) is 0 Å². The number of amides is 1. The lowest BCUT2D eigenvalue weighted by Crippen LogP contribution is -2.26. The summed E-state index contributed by atoms with van der Waals surface area (Å²) in [7, 11) is 0. The van der Waals surface area contributed by atoms with Crippen LogP contribution in [-0.4, -0.2) is 36.2 Å². The van der Waals surface area contributed by atoms with Crippen LogP contribution in [0.1, 0.15) is 20.3 Å². The Balaban J connectivity index is 3.44. The first-order valence-corrected chi connectivity index (χ1v) is 4.19. The van der Waals surface area contributed by atoms with Crippen LogP contribution in [-0.2, 0) is 14.3 Å². The Morgan fingerprint density at radius 2 is 2.15 bits per heavy atom. The van der Waals surface area contributed by atoms with Crippen molar-refractivity contribution in [3.8, 4) is 0 Å². The first kappa shape index (κ1) is 11.9. The molecule has 1 amide bonds. The average molecular weight is 189 g/mol. The first-order chi connectivity index (χ1) is 6.07. The molecular weight excluding hydrogens is 174 g/mol. The van der Waals surface area contributed by atoms with Gasteiger partial charge in [0.05, 0.1) is 6.61 Å². The van der Waals surface area contributed by atoms with Crippen LogP contribution < -0.4 is 5.32 Å². The molecule has 0 aliphatic heterocycles. The van der Waals surface area contributed by atoms with E-state index in [4.69, 9.17) is 9.84 Å². The van der Waals surface area contributed by atoms with Crippen LogP contribution in [0.4, 0.5) is 0 Å². The van der Waals surface area contributed by atoms with E-state index in [0.29, 0.717) is 6.54 Å². The molecule has 0 fully saturated rings. The summed E-state index contributed by atoms with van der Waals surface area (Å²) >= 11 is 0. The zero-order chi connectivity index (χ0) is 10.3.